The lowest BCUT2D eigenvalue weighted by atomic mass is 10.3. The summed E-state index contributed by atoms with van der Waals surface area (Å²) in [5.74, 6) is 0.742. The summed E-state index contributed by atoms with van der Waals surface area (Å²) < 4.78 is 28.0. The van der Waals surface area contributed by atoms with Crippen LogP contribution in [0.25, 0.3) is 0 Å². The summed E-state index contributed by atoms with van der Waals surface area (Å²) in [5, 5.41) is 0. The van der Waals surface area contributed by atoms with Crippen molar-refractivity contribution in [3.63, 3.8) is 0 Å². The minimum Gasteiger partial charge on any atom is -0.439 e. The number of rotatable bonds is 5. The molecule has 5 nitrogen and oxygen atoms in total. The number of hydrogen-bond donors (Lipinski definition) is 1. The molecular formula is C13H16N2O3S. The average Bonchev–Trinajstić information content (AvgIpc) is 2.33. The normalized spacial score (nSPS) is 13.2. The molecule has 1 aromatic rings. The third kappa shape index (κ3) is 4.97. The molecule has 0 aliphatic rings. The van der Waals surface area contributed by atoms with Gasteiger partial charge in [0.1, 0.15) is 5.75 Å². The van der Waals surface area contributed by atoms with Gasteiger partial charge in [0.05, 0.1) is 4.90 Å². The van der Waals surface area contributed by atoms with Gasteiger partial charge in [0.25, 0.3) is 0 Å². The third-order valence-electron chi connectivity index (χ3n) is 2.12. The number of allylic oxidation sites excluding steroid dienone is 3. The highest BCUT2D eigenvalue weighted by Crippen LogP contribution is 2.18. The van der Waals surface area contributed by atoms with E-state index in [1.54, 1.807) is 31.2 Å². The smallest absolute Gasteiger partial charge is 0.218 e. The third-order valence-corrected chi connectivity index (χ3v) is 3.25. The van der Waals surface area contributed by atoms with Crippen LogP contribution in [0.2, 0.25) is 0 Å². The van der Waals surface area contributed by atoms with E-state index in [1.165, 1.54) is 12.1 Å². The number of nitrogens with zero attached hydrogens (tertiary/aromatic N) is 1. The number of sulfone groups is 1. The second-order valence-corrected chi connectivity index (χ2v) is 5.94. The molecule has 1 rings (SSSR count). The molecule has 0 unspecified atom stereocenters. The summed E-state index contributed by atoms with van der Waals surface area (Å²) in [6.07, 6.45) is 4.36. The Hall–Kier alpha value is -2.08. The van der Waals surface area contributed by atoms with Crippen molar-refractivity contribution in [3.8, 4) is 5.75 Å². The summed E-state index contributed by atoms with van der Waals surface area (Å²) >= 11 is 0. The summed E-state index contributed by atoms with van der Waals surface area (Å²) in [4.78, 5) is 3.93. The minimum absolute atomic E-state index is 0.231. The zero-order valence-electron chi connectivity index (χ0n) is 10.8. The van der Waals surface area contributed by atoms with Gasteiger partial charge >= 0.3 is 0 Å². The molecule has 0 atom stereocenters. The molecule has 0 heterocycles. The molecule has 0 radical (unpaired) electrons. The van der Waals surface area contributed by atoms with Gasteiger partial charge in [0.15, 0.2) is 9.84 Å². The van der Waals surface area contributed by atoms with Crippen molar-refractivity contribution in [1.29, 1.82) is 0 Å². The van der Waals surface area contributed by atoms with Gasteiger partial charge in [-0.05, 0) is 44.0 Å². The average molecular weight is 280 g/mol. The highest BCUT2D eigenvalue weighted by Gasteiger charge is 2.06. The van der Waals surface area contributed by atoms with Crippen LogP contribution in [0, 0.1) is 0 Å². The van der Waals surface area contributed by atoms with E-state index in [2.05, 4.69) is 11.7 Å². The fraction of sp³-hybridized carbons (Fsp3) is 0.154. The highest BCUT2D eigenvalue weighted by molar-refractivity contribution is 7.90. The number of hydrogen-bond acceptors (Lipinski definition) is 5. The van der Waals surface area contributed by atoms with E-state index in [0.29, 0.717) is 11.4 Å². The molecule has 0 bridgehead atoms. The van der Waals surface area contributed by atoms with Gasteiger partial charge in [-0.15, -0.1) is 0 Å². The Morgan fingerprint density at radius 1 is 1.32 bits per heavy atom. The Morgan fingerprint density at radius 3 is 2.32 bits per heavy atom. The van der Waals surface area contributed by atoms with Gasteiger partial charge in [0, 0.05) is 18.0 Å². The maximum atomic E-state index is 11.3. The van der Waals surface area contributed by atoms with Crippen LogP contribution in [0.1, 0.15) is 6.92 Å². The first-order chi connectivity index (χ1) is 8.82. The van der Waals surface area contributed by atoms with Crippen molar-refractivity contribution in [2.75, 3.05) is 6.26 Å². The van der Waals surface area contributed by atoms with E-state index < -0.39 is 9.84 Å². The first kappa shape index (κ1) is 15.0. The zero-order valence-corrected chi connectivity index (χ0v) is 11.6. The van der Waals surface area contributed by atoms with Gasteiger partial charge in [0.2, 0.25) is 5.88 Å². The lowest BCUT2D eigenvalue weighted by molar-refractivity contribution is 0.421. The highest BCUT2D eigenvalue weighted by atomic mass is 32.2. The van der Waals surface area contributed by atoms with E-state index in [4.69, 9.17) is 10.5 Å². The van der Waals surface area contributed by atoms with Crippen molar-refractivity contribution in [1.82, 2.24) is 0 Å². The molecule has 6 heteroatoms. The monoisotopic (exact) mass is 280 g/mol. The molecule has 0 saturated carbocycles. The summed E-state index contributed by atoms with van der Waals surface area (Å²) in [7, 11) is -3.21. The molecule has 102 valence electrons. The van der Waals surface area contributed by atoms with Gasteiger partial charge < -0.3 is 10.5 Å². The molecule has 0 saturated heterocycles. The van der Waals surface area contributed by atoms with Crippen LogP contribution >= 0.6 is 0 Å². The first-order valence-electron chi connectivity index (χ1n) is 5.41. The van der Waals surface area contributed by atoms with E-state index in [1.807, 2.05) is 0 Å². The molecular weight excluding hydrogens is 264 g/mol. The molecule has 0 spiro atoms. The molecule has 0 amide bonds. The summed E-state index contributed by atoms with van der Waals surface area (Å²) in [5.41, 5.74) is 6.10. The van der Waals surface area contributed by atoms with E-state index in [-0.39, 0.29) is 10.8 Å². The SMILES string of the molecule is C=N/C(=C\C=C(/C)N)Oc1ccc(S(C)(=O)=O)cc1. The van der Waals surface area contributed by atoms with E-state index >= 15 is 0 Å². The molecule has 2 N–H and O–H groups in total. The van der Waals surface area contributed by atoms with Crippen LogP contribution < -0.4 is 10.5 Å². The van der Waals surface area contributed by atoms with Gasteiger partial charge in [-0.3, -0.25) is 0 Å². The minimum atomic E-state index is -3.21. The van der Waals surface area contributed by atoms with Crippen molar-refractivity contribution in [3.05, 3.63) is 48.0 Å². The molecule has 19 heavy (non-hydrogen) atoms. The van der Waals surface area contributed by atoms with Gasteiger partial charge in [-0.1, -0.05) is 0 Å². The lowest BCUT2D eigenvalue weighted by Crippen LogP contribution is -1.97. The fourth-order valence-electron chi connectivity index (χ4n) is 1.20. The van der Waals surface area contributed by atoms with Crippen LogP contribution in [0.15, 0.2) is 57.9 Å². The lowest BCUT2D eigenvalue weighted by Gasteiger charge is -2.05. The van der Waals surface area contributed by atoms with Crippen molar-refractivity contribution < 1.29 is 13.2 Å². The molecule has 1 aromatic carbocycles. The molecule has 0 aliphatic heterocycles. The molecule has 0 aliphatic carbocycles. The van der Waals surface area contributed by atoms with Crippen LogP contribution in [-0.4, -0.2) is 21.4 Å². The van der Waals surface area contributed by atoms with Crippen LogP contribution in [-0.2, 0) is 9.84 Å². The molecule has 0 aromatic heterocycles. The number of aliphatic imine (C=N–C) groups is 1. The largest absolute Gasteiger partial charge is 0.439 e. The number of nitrogens with two attached hydrogens (primary N) is 1. The van der Waals surface area contributed by atoms with Crippen molar-refractivity contribution in [2.24, 2.45) is 10.7 Å². The maximum Gasteiger partial charge on any atom is 0.218 e. The summed E-state index contributed by atoms with van der Waals surface area (Å²) in [6, 6.07) is 6.04. The van der Waals surface area contributed by atoms with Crippen molar-refractivity contribution in [2.45, 2.75) is 11.8 Å². The quantitative estimate of drug-likeness (QED) is 0.507. The van der Waals surface area contributed by atoms with E-state index in [0.717, 1.165) is 6.26 Å². The Balaban J connectivity index is 2.91. The predicted octanol–water partition coefficient (Wildman–Crippen LogP) is 1.87. The van der Waals surface area contributed by atoms with Crippen LogP contribution in [0.5, 0.6) is 5.75 Å². The zero-order chi connectivity index (χ0) is 14.5. The number of benzene rings is 1. The van der Waals surface area contributed by atoms with E-state index in [9.17, 15) is 8.42 Å². The van der Waals surface area contributed by atoms with Crippen LogP contribution in [0.3, 0.4) is 0 Å². The van der Waals surface area contributed by atoms with Crippen molar-refractivity contribution >= 4 is 16.6 Å². The second kappa shape index (κ2) is 6.19. The maximum absolute atomic E-state index is 11.3. The fourth-order valence-corrected chi connectivity index (χ4v) is 1.83. The van der Waals surface area contributed by atoms with Crippen LogP contribution in [0.4, 0.5) is 0 Å². The predicted molar refractivity (Wildman–Crippen MR) is 75.8 cm³/mol. The topological polar surface area (TPSA) is 81.8 Å². The number of ether oxygens (including phenoxy) is 1. The Labute approximate surface area is 113 Å². The summed E-state index contributed by atoms with van der Waals surface area (Å²) in [6.45, 7) is 5.12. The Morgan fingerprint density at radius 2 is 1.89 bits per heavy atom. The standard InChI is InChI=1S/C13H16N2O3S/c1-10(14)4-9-13(15-2)18-11-5-7-12(8-6-11)19(3,16)17/h4-9H,2,14H2,1,3H3/b10-4+,13-9+. The Bertz CT molecular complexity index is 610. The van der Waals surface area contributed by atoms with Gasteiger partial charge in [-0.25, -0.2) is 13.4 Å². The Kier molecular flexibility index (Phi) is 4.88. The van der Waals surface area contributed by atoms with Gasteiger partial charge in [-0.2, -0.15) is 0 Å². The molecule has 0 fully saturated rings. The second-order valence-electron chi connectivity index (χ2n) is 3.92. The first-order valence-corrected chi connectivity index (χ1v) is 7.31.